The first-order valence-corrected chi connectivity index (χ1v) is 6.62. The molecule has 6 heteroatoms. The zero-order chi connectivity index (χ0) is 15.3. The molecule has 6 nitrogen and oxygen atoms in total. The molecule has 0 aliphatic heterocycles. The van der Waals surface area contributed by atoms with Crippen molar-refractivity contribution < 1.29 is 14.6 Å². The molecule has 0 spiro atoms. The van der Waals surface area contributed by atoms with Crippen LogP contribution in [0, 0.1) is 6.92 Å². The number of aromatic nitrogens is 2. The van der Waals surface area contributed by atoms with Crippen LogP contribution in [-0.2, 0) is 16.6 Å². The van der Waals surface area contributed by atoms with Crippen LogP contribution in [0.15, 0.2) is 6.08 Å². The number of rotatable bonds is 7. The van der Waals surface area contributed by atoms with Gasteiger partial charge in [0, 0.05) is 32.3 Å². The summed E-state index contributed by atoms with van der Waals surface area (Å²) in [7, 11) is 3.53. The summed E-state index contributed by atoms with van der Waals surface area (Å²) in [6, 6.07) is 0.178. The summed E-state index contributed by atoms with van der Waals surface area (Å²) in [6.45, 7) is 7.39. The molecule has 0 saturated heterocycles. The highest BCUT2D eigenvalue weighted by Gasteiger charge is 2.21. The van der Waals surface area contributed by atoms with Crippen LogP contribution in [0.3, 0.4) is 0 Å². The Kier molecular flexibility index (Phi) is 5.76. The van der Waals surface area contributed by atoms with Crippen LogP contribution >= 0.6 is 0 Å². The molecule has 20 heavy (non-hydrogen) atoms. The lowest BCUT2D eigenvalue weighted by Gasteiger charge is -2.30. The average Bonchev–Trinajstić information content (AvgIpc) is 2.63. The predicted molar refractivity (Wildman–Crippen MR) is 79.0 cm³/mol. The third-order valence-corrected chi connectivity index (χ3v) is 3.18. The number of carboxylic acids is 1. The SMILES string of the molecule is CCN(c1c(C=CC(=O)O)c(C)nn1C)C(C)COC. The number of methoxy groups -OCH3 is 1. The lowest BCUT2D eigenvalue weighted by molar-refractivity contribution is -0.131. The van der Waals surface area contributed by atoms with Crippen LogP contribution in [0.2, 0.25) is 0 Å². The van der Waals surface area contributed by atoms with Gasteiger partial charge in [0.2, 0.25) is 0 Å². The van der Waals surface area contributed by atoms with E-state index >= 15 is 0 Å². The van der Waals surface area contributed by atoms with E-state index in [-0.39, 0.29) is 6.04 Å². The maximum absolute atomic E-state index is 10.7. The van der Waals surface area contributed by atoms with Gasteiger partial charge in [0.15, 0.2) is 0 Å². The van der Waals surface area contributed by atoms with Gasteiger partial charge in [0.25, 0.3) is 0 Å². The van der Waals surface area contributed by atoms with Gasteiger partial charge in [-0.05, 0) is 26.8 Å². The number of hydrogen-bond donors (Lipinski definition) is 1. The molecule has 1 rings (SSSR count). The number of aryl methyl sites for hydroxylation is 2. The normalized spacial score (nSPS) is 12.8. The molecule has 1 aromatic rings. The van der Waals surface area contributed by atoms with Gasteiger partial charge in [-0.3, -0.25) is 4.68 Å². The van der Waals surface area contributed by atoms with Crippen molar-refractivity contribution in [2.45, 2.75) is 26.8 Å². The molecule has 112 valence electrons. The van der Waals surface area contributed by atoms with Crippen molar-refractivity contribution in [1.82, 2.24) is 9.78 Å². The molecule has 0 fully saturated rings. The van der Waals surface area contributed by atoms with E-state index < -0.39 is 5.97 Å². The number of likely N-dealkylation sites (N-methyl/N-ethyl adjacent to an activating group) is 1. The quantitative estimate of drug-likeness (QED) is 0.770. The van der Waals surface area contributed by atoms with E-state index in [0.29, 0.717) is 6.61 Å². The summed E-state index contributed by atoms with van der Waals surface area (Å²) in [4.78, 5) is 12.9. The van der Waals surface area contributed by atoms with Crippen molar-refractivity contribution in [3.63, 3.8) is 0 Å². The molecular formula is C14H23N3O3. The molecule has 0 aliphatic carbocycles. The van der Waals surface area contributed by atoms with Gasteiger partial charge in [-0.25, -0.2) is 4.79 Å². The standard InChI is InChI=1S/C14H23N3O3/c1-6-17(10(2)9-20-5)14-12(7-8-13(18)19)11(3)15-16(14)4/h7-8,10H,6,9H2,1-5H3,(H,18,19). The van der Waals surface area contributed by atoms with Gasteiger partial charge in [-0.15, -0.1) is 0 Å². The van der Waals surface area contributed by atoms with Crippen LogP contribution < -0.4 is 4.90 Å². The van der Waals surface area contributed by atoms with Crippen molar-refractivity contribution >= 4 is 17.9 Å². The van der Waals surface area contributed by atoms with Gasteiger partial charge in [-0.1, -0.05) is 0 Å². The molecule has 1 unspecified atom stereocenters. The van der Waals surface area contributed by atoms with Crippen LogP contribution in [-0.4, -0.2) is 47.2 Å². The van der Waals surface area contributed by atoms with E-state index in [2.05, 4.69) is 23.8 Å². The third kappa shape index (κ3) is 3.60. The number of aliphatic carboxylic acids is 1. The number of hydrogen-bond acceptors (Lipinski definition) is 4. The van der Waals surface area contributed by atoms with E-state index in [1.165, 1.54) is 0 Å². The maximum Gasteiger partial charge on any atom is 0.328 e. The van der Waals surface area contributed by atoms with Crippen LogP contribution in [0.1, 0.15) is 25.1 Å². The minimum atomic E-state index is -0.966. The number of anilines is 1. The Labute approximate surface area is 119 Å². The van der Waals surface area contributed by atoms with Gasteiger partial charge >= 0.3 is 5.97 Å². The fourth-order valence-electron chi connectivity index (χ4n) is 2.35. The Balaban J connectivity index is 3.23. The van der Waals surface area contributed by atoms with Gasteiger partial charge in [0.05, 0.1) is 18.3 Å². The molecule has 0 aromatic carbocycles. The van der Waals surface area contributed by atoms with E-state index in [1.807, 2.05) is 14.0 Å². The average molecular weight is 281 g/mol. The first kappa shape index (κ1) is 16.2. The van der Waals surface area contributed by atoms with Gasteiger partial charge < -0.3 is 14.7 Å². The summed E-state index contributed by atoms with van der Waals surface area (Å²) >= 11 is 0. The minimum Gasteiger partial charge on any atom is -0.478 e. The predicted octanol–water partition coefficient (Wildman–Crippen LogP) is 1.69. The Morgan fingerprint density at radius 2 is 2.25 bits per heavy atom. The second-order valence-corrected chi connectivity index (χ2v) is 4.71. The van der Waals surface area contributed by atoms with E-state index in [4.69, 9.17) is 9.84 Å². The summed E-state index contributed by atoms with van der Waals surface area (Å²) in [5, 5.41) is 13.2. The van der Waals surface area contributed by atoms with Crippen molar-refractivity contribution in [1.29, 1.82) is 0 Å². The number of carboxylic acid groups (broad SMARTS) is 1. The van der Waals surface area contributed by atoms with Gasteiger partial charge in [0.1, 0.15) is 5.82 Å². The second kappa shape index (κ2) is 7.09. The van der Waals surface area contributed by atoms with E-state index in [9.17, 15) is 4.79 Å². The molecule has 1 heterocycles. The van der Waals surface area contributed by atoms with E-state index in [1.54, 1.807) is 17.9 Å². The number of nitrogens with zero attached hydrogens (tertiary/aromatic N) is 3. The van der Waals surface area contributed by atoms with Crippen molar-refractivity contribution in [2.24, 2.45) is 7.05 Å². The lowest BCUT2D eigenvalue weighted by Crippen LogP contribution is -2.37. The molecular weight excluding hydrogens is 258 g/mol. The largest absolute Gasteiger partial charge is 0.478 e. The molecule has 0 bridgehead atoms. The Morgan fingerprint density at radius 1 is 1.60 bits per heavy atom. The van der Waals surface area contributed by atoms with Crippen LogP contribution in [0.5, 0.6) is 0 Å². The molecule has 0 amide bonds. The summed E-state index contributed by atoms with van der Waals surface area (Å²) in [5.74, 6) is -0.0563. The summed E-state index contributed by atoms with van der Waals surface area (Å²) in [6.07, 6.45) is 2.74. The molecule has 1 aromatic heterocycles. The first-order valence-electron chi connectivity index (χ1n) is 6.62. The fraction of sp³-hybridized carbons (Fsp3) is 0.571. The summed E-state index contributed by atoms with van der Waals surface area (Å²) in [5.41, 5.74) is 1.64. The highest BCUT2D eigenvalue weighted by atomic mass is 16.5. The monoisotopic (exact) mass is 281 g/mol. The zero-order valence-corrected chi connectivity index (χ0v) is 12.8. The molecule has 0 aliphatic rings. The highest BCUT2D eigenvalue weighted by Crippen LogP contribution is 2.26. The molecule has 0 radical (unpaired) electrons. The van der Waals surface area contributed by atoms with E-state index in [0.717, 1.165) is 29.7 Å². The Morgan fingerprint density at radius 3 is 2.75 bits per heavy atom. The second-order valence-electron chi connectivity index (χ2n) is 4.71. The minimum absolute atomic E-state index is 0.178. The number of carbonyl (C=O) groups is 1. The zero-order valence-electron chi connectivity index (χ0n) is 12.8. The summed E-state index contributed by atoms with van der Waals surface area (Å²) < 4.78 is 6.99. The van der Waals surface area contributed by atoms with Crippen molar-refractivity contribution in [3.05, 3.63) is 17.3 Å². The Hall–Kier alpha value is -1.82. The topological polar surface area (TPSA) is 67.6 Å². The van der Waals surface area contributed by atoms with Crippen LogP contribution in [0.4, 0.5) is 5.82 Å². The van der Waals surface area contributed by atoms with Gasteiger partial charge in [-0.2, -0.15) is 5.10 Å². The molecule has 1 N–H and O–H groups in total. The number of ether oxygens (including phenoxy) is 1. The third-order valence-electron chi connectivity index (χ3n) is 3.18. The molecule has 0 saturated carbocycles. The van der Waals surface area contributed by atoms with Crippen molar-refractivity contribution in [2.75, 3.05) is 25.2 Å². The smallest absolute Gasteiger partial charge is 0.328 e. The highest BCUT2D eigenvalue weighted by molar-refractivity contribution is 5.87. The Bertz CT molecular complexity index is 494. The molecule has 1 atom stereocenters. The fourth-order valence-corrected chi connectivity index (χ4v) is 2.35. The maximum atomic E-state index is 10.7. The van der Waals surface area contributed by atoms with Crippen molar-refractivity contribution in [3.8, 4) is 0 Å². The lowest BCUT2D eigenvalue weighted by atomic mass is 10.2. The first-order chi connectivity index (χ1) is 9.42. The van der Waals surface area contributed by atoms with Crippen LogP contribution in [0.25, 0.3) is 6.08 Å².